The van der Waals surface area contributed by atoms with Gasteiger partial charge in [-0.05, 0) is 42.4 Å². The average molecular weight is 206 g/mol. The number of aromatic hydroxyl groups is 1. The second-order valence-electron chi connectivity index (χ2n) is 4.12. The van der Waals surface area contributed by atoms with Crippen LogP contribution < -0.4 is 0 Å². The van der Waals surface area contributed by atoms with Crippen molar-refractivity contribution in [2.45, 2.75) is 25.7 Å². The van der Waals surface area contributed by atoms with Gasteiger partial charge in [0.2, 0.25) is 0 Å². The molecule has 1 aliphatic carbocycles. The molecule has 15 heavy (non-hydrogen) atoms. The van der Waals surface area contributed by atoms with E-state index in [2.05, 4.69) is 0 Å². The fourth-order valence-corrected chi connectivity index (χ4v) is 2.28. The lowest BCUT2D eigenvalue weighted by molar-refractivity contribution is -0.138. The summed E-state index contributed by atoms with van der Waals surface area (Å²) in [5.41, 5.74) is 2.10. The molecule has 1 unspecified atom stereocenters. The molecule has 0 heterocycles. The monoisotopic (exact) mass is 206 g/mol. The largest absolute Gasteiger partial charge is 0.508 e. The fraction of sp³-hybridized carbons (Fsp3) is 0.417. The molecule has 2 rings (SSSR count). The van der Waals surface area contributed by atoms with Crippen molar-refractivity contribution in [3.63, 3.8) is 0 Å². The van der Waals surface area contributed by atoms with E-state index < -0.39 is 5.97 Å². The molecule has 1 atom stereocenters. The van der Waals surface area contributed by atoms with Crippen LogP contribution in [0.5, 0.6) is 5.75 Å². The minimum absolute atomic E-state index is 0.219. The summed E-state index contributed by atoms with van der Waals surface area (Å²) in [5, 5.41) is 18.3. The third kappa shape index (κ3) is 2.12. The van der Waals surface area contributed by atoms with E-state index in [1.807, 2.05) is 12.1 Å². The van der Waals surface area contributed by atoms with Gasteiger partial charge in [0, 0.05) is 6.42 Å². The van der Waals surface area contributed by atoms with Crippen LogP contribution in [-0.4, -0.2) is 16.2 Å². The molecule has 1 aliphatic rings. The van der Waals surface area contributed by atoms with E-state index >= 15 is 0 Å². The summed E-state index contributed by atoms with van der Waals surface area (Å²) < 4.78 is 0. The molecule has 2 N–H and O–H groups in total. The zero-order valence-corrected chi connectivity index (χ0v) is 8.44. The zero-order chi connectivity index (χ0) is 10.8. The Kier molecular flexibility index (Phi) is 2.62. The van der Waals surface area contributed by atoms with Crippen LogP contribution in [-0.2, 0) is 17.6 Å². The summed E-state index contributed by atoms with van der Waals surface area (Å²) in [6, 6.07) is 5.48. The first-order valence-corrected chi connectivity index (χ1v) is 5.18. The lowest BCUT2D eigenvalue weighted by Crippen LogP contribution is -2.17. The van der Waals surface area contributed by atoms with Crippen molar-refractivity contribution in [1.82, 2.24) is 0 Å². The molecule has 0 aliphatic heterocycles. The molecule has 1 aromatic rings. The topological polar surface area (TPSA) is 57.5 Å². The second kappa shape index (κ2) is 3.93. The third-order valence-electron chi connectivity index (χ3n) is 3.02. The Bertz CT molecular complexity index is 384. The quantitative estimate of drug-likeness (QED) is 0.777. The maximum Gasteiger partial charge on any atom is 0.303 e. The van der Waals surface area contributed by atoms with Gasteiger partial charge >= 0.3 is 5.97 Å². The Hall–Kier alpha value is -1.51. The van der Waals surface area contributed by atoms with Crippen LogP contribution in [0.2, 0.25) is 0 Å². The van der Waals surface area contributed by atoms with Crippen molar-refractivity contribution in [1.29, 1.82) is 0 Å². The number of phenols is 1. The van der Waals surface area contributed by atoms with Crippen molar-refractivity contribution in [3.8, 4) is 5.75 Å². The van der Waals surface area contributed by atoms with Crippen LogP contribution in [0.3, 0.4) is 0 Å². The number of carboxylic acid groups (broad SMARTS) is 1. The number of hydrogen-bond donors (Lipinski definition) is 2. The Balaban J connectivity index is 2.17. The van der Waals surface area contributed by atoms with Crippen molar-refractivity contribution < 1.29 is 15.0 Å². The first-order chi connectivity index (χ1) is 7.16. The highest BCUT2D eigenvalue weighted by Crippen LogP contribution is 2.32. The van der Waals surface area contributed by atoms with E-state index in [4.69, 9.17) is 5.11 Å². The molecule has 0 radical (unpaired) electrons. The number of rotatable bonds is 2. The summed E-state index contributed by atoms with van der Waals surface area (Å²) in [7, 11) is 0. The first kappa shape index (κ1) is 10.0. The summed E-state index contributed by atoms with van der Waals surface area (Å²) in [5.74, 6) is -0.165. The molecular formula is C12H14O3. The molecule has 0 amide bonds. The van der Waals surface area contributed by atoms with Crippen LogP contribution in [0.15, 0.2) is 18.2 Å². The zero-order valence-electron chi connectivity index (χ0n) is 8.44. The molecule has 80 valence electrons. The van der Waals surface area contributed by atoms with E-state index in [0.717, 1.165) is 30.4 Å². The van der Waals surface area contributed by atoms with Crippen LogP contribution in [0.1, 0.15) is 24.0 Å². The number of hydrogen-bond acceptors (Lipinski definition) is 2. The third-order valence-corrected chi connectivity index (χ3v) is 3.02. The van der Waals surface area contributed by atoms with E-state index in [1.165, 1.54) is 0 Å². The van der Waals surface area contributed by atoms with E-state index in [9.17, 15) is 9.90 Å². The van der Waals surface area contributed by atoms with Crippen LogP contribution in [0.4, 0.5) is 0 Å². The number of aliphatic carboxylic acids is 1. The van der Waals surface area contributed by atoms with Crippen molar-refractivity contribution in [2.24, 2.45) is 5.92 Å². The molecule has 1 aromatic carbocycles. The number of carbonyl (C=O) groups is 1. The Morgan fingerprint density at radius 2 is 2.27 bits per heavy atom. The minimum atomic E-state index is -0.733. The summed E-state index contributed by atoms with van der Waals surface area (Å²) in [4.78, 5) is 10.6. The number of benzene rings is 1. The van der Waals surface area contributed by atoms with E-state index in [-0.39, 0.29) is 12.3 Å². The highest BCUT2D eigenvalue weighted by Gasteiger charge is 2.22. The number of carboxylic acids is 1. The molecule has 0 aromatic heterocycles. The van der Waals surface area contributed by atoms with Gasteiger partial charge in [0.15, 0.2) is 0 Å². The smallest absolute Gasteiger partial charge is 0.303 e. The summed E-state index contributed by atoms with van der Waals surface area (Å²) >= 11 is 0. The highest BCUT2D eigenvalue weighted by atomic mass is 16.4. The first-order valence-electron chi connectivity index (χ1n) is 5.18. The van der Waals surface area contributed by atoms with Gasteiger partial charge in [-0.1, -0.05) is 12.1 Å². The van der Waals surface area contributed by atoms with Crippen molar-refractivity contribution in [3.05, 3.63) is 29.3 Å². The molecule has 0 fully saturated rings. The van der Waals surface area contributed by atoms with Crippen molar-refractivity contribution in [2.75, 3.05) is 0 Å². The second-order valence-corrected chi connectivity index (χ2v) is 4.12. The van der Waals surface area contributed by atoms with Gasteiger partial charge in [-0.2, -0.15) is 0 Å². The van der Waals surface area contributed by atoms with Crippen LogP contribution >= 0.6 is 0 Å². The van der Waals surface area contributed by atoms with E-state index in [1.54, 1.807) is 6.07 Å². The lowest BCUT2D eigenvalue weighted by Gasteiger charge is -2.23. The number of phenolic OH excluding ortho intramolecular Hbond substituents is 1. The van der Waals surface area contributed by atoms with Gasteiger partial charge < -0.3 is 10.2 Å². The molecular weight excluding hydrogens is 192 g/mol. The van der Waals surface area contributed by atoms with Crippen LogP contribution in [0.25, 0.3) is 0 Å². The maximum absolute atomic E-state index is 10.6. The Morgan fingerprint density at radius 1 is 1.47 bits per heavy atom. The normalized spacial score (nSPS) is 19.6. The molecule has 0 spiro atoms. The number of fused-ring (bicyclic) bond motifs is 1. The molecule has 0 bridgehead atoms. The maximum atomic E-state index is 10.6. The van der Waals surface area contributed by atoms with Gasteiger partial charge in [-0.3, -0.25) is 4.79 Å². The lowest BCUT2D eigenvalue weighted by atomic mass is 9.82. The van der Waals surface area contributed by atoms with Crippen molar-refractivity contribution >= 4 is 5.97 Å². The highest BCUT2D eigenvalue weighted by molar-refractivity contribution is 5.67. The standard InChI is InChI=1S/C12H14O3/c13-11-3-1-2-9-6-8(7-12(14)15)4-5-10(9)11/h1-3,8,13H,4-7H2,(H,14,15). The SMILES string of the molecule is O=C(O)CC1CCc2c(O)cccc2C1. The molecule has 0 saturated carbocycles. The van der Waals surface area contributed by atoms with Crippen LogP contribution in [0, 0.1) is 5.92 Å². The minimum Gasteiger partial charge on any atom is -0.508 e. The molecule has 3 nitrogen and oxygen atoms in total. The molecule has 0 saturated heterocycles. The van der Waals surface area contributed by atoms with Gasteiger partial charge in [0.25, 0.3) is 0 Å². The van der Waals surface area contributed by atoms with Gasteiger partial charge in [0.05, 0.1) is 0 Å². The molecule has 3 heteroatoms. The predicted molar refractivity (Wildman–Crippen MR) is 55.9 cm³/mol. The van der Waals surface area contributed by atoms with Gasteiger partial charge in [-0.25, -0.2) is 0 Å². The Morgan fingerprint density at radius 3 is 3.00 bits per heavy atom. The fourth-order valence-electron chi connectivity index (χ4n) is 2.28. The Labute approximate surface area is 88.4 Å². The van der Waals surface area contributed by atoms with Gasteiger partial charge in [0.1, 0.15) is 5.75 Å². The van der Waals surface area contributed by atoms with Gasteiger partial charge in [-0.15, -0.1) is 0 Å². The predicted octanol–water partition coefficient (Wildman–Crippen LogP) is 1.97. The van der Waals surface area contributed by atoms with E-state index in [0.29, 0.717) is 5.75 Å². The summed E-state index contributed by atoms with van der Waals surface area (Å²) in [6.07, 6.45) is 2.65. The summed E-state index contributed by atoms with van der Waals surface area (Å²) in [6.45, 7) is 0. The average Bonchev–Trinajstić information content (AvgIpc) is 2.17.